The lowest BCUT2D eigenvalue weighted by molar-refractivity contribution is -0.161. The lowest BCUT2D eigenvalue weighted by atomic mass is 10.0. The van der Waals surface area contributed by atoms with Crippen LogP contribution in [0.1, 0.15) is 245 Å². The average Bonchev–Trinajstić information content (AvgIpc) is 3.23. The summed E-state index contributed by atoms with van der Waals surface area (Å²) in [6.45, 7) is 4.04. The molecule has 0 aromatic rings. The molecule has 336 valence electrons. The fourth-order valence-corrected chi connectivity index (χ4v) is 7.07. The number of ether oxygens (including phenoxy) is 2. The van der Waals surface area contributed by atoms with E-state index in [2.05, 4.69) is 74.6 Å². The molecule has 0 aliphatic rings. The monoisotopic (exact) mass is 811 g/mol. The maximum atomic E-state index is 12.3. The Bertz CT molecular complexity index is 1010. The first-order valence-electron chi connectivity index (χ1n) is 24.8. The molecule has 1 unspecified atom stereocenters. The van der Waals surface area contributed by atoms with Gasteiger partial charge in [0, 0.05) is 12.8 Å². The van der Waals surface area contributed by atoms with E-state index in [1.165, 1.54) is 154 Å². The Morgan fingerprint density at radius 1 is 0.414 bits per heavy atom. The van der Waals surface area contributed by atoms with Gasteiger partial charge in [0.05, 0.1) is 6.61 Å². The van der Waals surface area contributed by atoms with Crippen molar-refractivity contribution in [1.29, 1.82) is 0 Å². The summed E-state index contributed by atoms with van der Waals surface area (Å²) < 4.78 is 10.7. The third-order valence-corrected chi connectivity index (χ3v) is 10.8. The van der Waals surface area contributed by atoms with E-state index in [9.17, 15) is 14.7 Å². The first-order chi connectivity index (χ1) is 28.6. The second-order valence-electron chi connectivity index (χ2n) is 16.5. The van der Waals surface area contributed by atoms with Crippen LogP contribution in [0.25, 0.3) is 0 Å². The fraction of sp³-hybridized carbons (Fsp3) is 0.774. The molecule has 58 heavy (non-hydrogen) atoms. The summed E-state index contributed by atoms with van der Waals surface area (Å²) in [5, 5.41) is 9.62. The number of hydrogen-bond acceptors (Lipinski definition) is 5. The number of hydrogen-bond donors (Lipinski definition) is 1. The van der Waals surface area contributed by atoms with Crippen LogP contribution in [0, 0.1) is 0 Å². The molecule has 0 fully saturated rings. The SMILES string of the molecule is CC/C=C\C/C=C\C/C=C\C/C=C\CCCCCCCCCCCCCCC(=O)OC(CO)COC(=O)CCCCCCCCCCC/C=C\CCCCCCCC. The van der Waals surface area contributed by atoms with E-state index in [1.807, 2.05) is 0 Å². The molecule has 0 aliphatic carbocycles. The Kier molecular flexibility index (Phi) is 46.9. The van der Waals surface area contributed by atoms with Gasteiger partial charge in [0.25, 0.3) is 0 Å². The topological polar surface area (TPSA) is 72.8 Å². The fourth-order valence-electron chi connectivity index (χ4n) is 7.07. The van der Waals surface area contributed by atoms with Gasteiger partial charge < -0.3 is 14.6 Å². The molecule has 0 aromatic heterocycles. The van der Waals surface area contributed by atoms with Crippen molar-refractivity contribution in [2.45, 2.75) is 251 Å². The third-order valence-electron chi connectivity index (χ3n) is 10.8. The van der Waals surface area contributed by atoms with Crippen LogP contribution in [-0.4, -0.2) is 36.4 Å². The second kappa shape index (κ2) is 49.0. The molecule has 5 heteroatoms. The van der Waals surface area contributed by atoms with Crippen LogP contribution in [0.2, 0.25) is 0 Å². The summed E-state index contributed by atoms with van der Waals surface area (Å²) in [6.07, 6.45) is 64.5. The van der Waals surface area contributed by atoms with E-state index in [4.69, 9.17) is 9.47 Å². The lowest BCUT2D eigenvalue weighted by Crippen LogP contribution is -2.28. The van der Waals surface area contributed by atoms with Gasteiger partial charge in [-0.2, -0.15) is 0 Å². The average molecular weight is 811 g/mol. The highest BCUT2D eigenvalue weighted by atomic mass is 16.6. The minimum absolute atomic E-state index is 0.0674. The van der Waals surface area contributed by atoms with E-state index in [0.29, 0.717) is 12.8 Å². The lowest BCUT2D eigenvalue weighted by Gasteiger charge is -2.15. The first-order valence-corrected chi connectivity index (χ1v) is 24.8. The zero-order valence-corrected chi connectivity index (χ0v) is 38.3. The molecule has 0 aliphatic heterocycles. The van der Waals surface area contributed by atoms with Crippen molar-refractivity contribution in [3.63, 3.8) is 0 Å². The summed E-state index contributed by atoms with van der Waals surface area (Å²) in [7, 11) is 0. The maximum Gasteiger partial charge on any atom is 0.306 e. The number of aliphatic hydroxyl groups is 1. The molecule has 0 saturated heterocycles. The van der Waals surface area contributed by atoms with Crippen LogP contribution in [0.15, 0.2) is 60.8 Å². The Hall–Kier alpha value is -2.40. The molecule has 5 nitrogen and oxygen atoms in total. The largest absolute Gasteiger partial charge is 0.462 e. The van der Waals surface area contributed by atoms with Crippen molar-refractivity contribution in [3.8, 4) is 0 Å². The smallest absolute Gasteiger partial charge is 0.306 e. The number of carbonyl (C=O) groups excluding carboxylic acids is 2. The van der Waals surface area contributed by atoms with E-state index < -0.39 is 6.10 Å². The van der Waals surface area contributed by atoms with Gasteiger partial charge in [0.15, 0.2) is 6.10 Å². The zero-order chi connectivity index (χ0) is 42.1. The number of rotatable bonds is 45. The summed E-state index contributed by atoms with van der Waals surface area (Å²) in [4.78, 5) is 24.4. The zero-order valence-electron chi connectivity index (χ0n) is 38.3. The van der Waals surface area contributed by atoms with Gasteiger partial charge in [-0.25, -0.2) is 0 Å². The minimum Gasteiger partial charge on any atom is -0.462 e. The molecule has 0 bridgehead atoms. The highest BCUT2D eigenvalue weighted by Crippen LogP contribution is 2.15. The van der Waals surface area contributed by atoms with E-state index in [1.54, 1.807) is 0 Å². The van der Waals surface area contributed by atoms with Gasteiger partial charge in [-0.3, -0.25) is 9.59 Å². The van der Waals surface area contributed by atoms with Gasteiger partial charge in [-0.1, -0.05) is 216 Å². The molecule has 1 N–H and O–H groups in total. The molecule has 0 rings (SSSR count). The Balaban J connectivity index is 3.51. The Morgan fingerprint density at radius 2 is 0.741 bits per heavy atom. The quantitative estimate of drug-likeness (QED) is 0.0377. The second-order valence-corrected chi connectivity index (χ2v) is 16.5. The number of aliphatic hydroxyl groups excluding tert-OH is 1. The van der Waals surface area contributed by atoms with Crippen LogP contribution < -0.4 is 0 Å². The minimum atomic E-state index is -0.775. The van der Waals surface area contributed by atoms with Crippen molar-refractivity contribution in [2.24, 2.45) is 0 Å². The predicted molar refractivity (Wildman–Crippen MR) is 251 cm³/mol. The Morgan fingerprint density at radius 3 is 1.14 bits per heavy atom. The molecular weight excluding hydrogens is 717 g/mol. The van der Waals surface area contributed by atoms with Crippen LogP contribution >= 0.6 is 0 Å². The standard InChI is InChI=1S/C53H94O5/c1-3-5-7-9-11-13-15-17-19-21-23-24-25-26-27-28-30-32-34-36-38-40-42-44-46-48-53(56)58-51(49-54)50-57-52(55)47-45-43-41-39-37-35-33-31-29-22-20-18-16-14-12-10-8-6-4-2/h5,7,11,13,17-20,23-24,51,54H,3-4,6,8-10,12,14-16,21-22,25-50H2,1-2H3/b7-5-,13-11-,19-17-,20-18-,24-23-. The number of unbranched alkanes of at least 4 members (excludes halogenated alkanes) is 27. The van der Waals surface area contributed by atoms with Crippen LogP contribution in [0.5, 0.6) is 0 Å². The van der Waals surface area contributed by atoms with E-state index in [0.717, 1.165) is 64.2 Å². The predicted octanol–water partition coefficient (Wildman–Crippen LogP) is 16.3. The van der Waals surface area contributed by atoms with Gasteiger partial charge in [-0.05, 0) is 77.0 Å². The number of allylic oxidation sites excluding steroid dienone is 10. The molecule has 0 saturated carbocycles. The van der Waals surface area contributed by atoms with Gasteiger partial charge in [-0.15, -0.1) is 0 Å². The summed E-state index contributed by atoms with van der Waals surface area (Å²) in [6, 6.07) is 0. The molecule has 1 atom stereocenters. The van der Waals surface area contributed by atoms with Crippen molar-refractivity contribution in [1.82, 2.24) is 0 Å². The normalized spacial score (nSPS) is 12.7. The molecular formula is C53H94O5. The molecule has 0 radical (unpaired) electrons. The van der Waals surface area contributed by atoms with E-state index >= 15 is 0 Å². The molecule has 0 heterocycles. The maximum absolute atomic E-state index is 12.3. The van der Waals surface area contributed by atoms with E-state index in [-0.39, 0.29) is 25.2 Å². The van der Waals surface area contributed by atoms with Crippen molar-refractivity contribution in [3.05, 3.63) is 60.8 Å². The van der Waals surface area contributed by atoms with Crippen molar-refractivity contribution in [2.75, 3.05) is 13.2 Å². The van der Waals surface area contributed by atoms with Gasteiger partial charge >= 0.3 is 11.9 Å². The summed E-state index contributed by atoms with van der Waals surface area (Å²) >= 11 is 0. The van der Waals surface area contributed by atoms with Crippen LogP contribution in [-0.2, 0) is 19.1 Å². The van der Waals surface area contributed by atoms with Crippen molar-refractivity contribution < 1.29 is 24.2 Å². The molecule has 0 aromatic carbocycles. The number of esters is 2. The Labute approximate surface area is 360 Å². The number of carbonyl (C=O) groups is 2. The third kappa shape index (κ3) is 46.3. The van der Waals surface area contributed by atoms with Gasteiger partial charge in [0.1, 0.15) is 6.61 Å². The van der Waals surface area contributed by atoms with Gasteiger partial charge in [0.2, 0.25) is 0 Å². The van der Waals surface area contributed by atoms with Crippen LogP contribution in [0.4, 0.5) is 0 Å². The molecule has 0 spiro atoms. The highest BCUT2D eigenvalue weighted by Gasteiger charge is 2.16. The van der Waals surface area contributed by atoms with Crippen molar-refractivity contribution >= 4 is 11.9 Å². The highest BCUT2D eigenvalue weighted by molar-refractivity contribution is 5.70. The van der Waals surface area contributed by atoms with Crippen LogP contribution in [0.3, 0.4) is 0 Å². The summed E-state index contributed by atoms with van der Waals surface area (Å²) in [5.41, 5.74) is 0. The molecule has 0 amide bonds. The summed E-state index contributed by atoms with van der Waals surface area (Å²) in [5.74, 6) is -0.590. The first kappa shape index (κ1) is 55.6.